The Morgan fingerprint density at radius 3 is 2.41 bits per heavy atom. The number of esters is 1. The van der Waals surface area contributed by atoms with Gasteiger partial charge in [-0.3, -0.25) is 4.79 Å². The standard InChI is InChI=1S/C12H14BrCl2NO4S2/c1-2-20-12(17)7-3-5-16(6-4-7)22(18,19)9-8(13)10(14)21-11(9)15/h7H,2-6H2,1H3. The van der Waals surface area contributed by atoms with Crippen LogP contribution in [0.1, 0.15) is 19.8 Å². The largest absolute Gasteiger partial charge is 0.466 e. The summed E-state index contributed by atoms with van der Waals surface area (Å²) in [6.45, 7) is 2.58. The Bertz CT molecular complexity index is 669. The van der Waals surface area contributed by atoms with Gasteiger partial charge in [0.25, 0.3) is 0 Å². The Labute approximate surface area is 151 Å². The lowest BCUT2D eigenvalue weighted by molar-refractivity contribution is -0.149. The summed E-state index contributed by atoms with van der Waals surface area (Å²) in [4.78, 5) is 11.7. The fourth-order valence-corrected chi connectivity index (χ4v) is 7.23. The number of piperidine rings is 1. The van der Waals surface area contributed by atoms with Gasteiger partial charge < -0.3 is 4.74 Å². The number of nitrogens with zero attached hydrogens (tertiary/aromatic N) is 1. The molecule has 0 aromatic carbocycles. The molecule has 0 bridgehead atoms. The van der Waals surface area contributed by atoms with Crippen LogP contribution >= 0.6 is 50.5 Å². The number of sulfonamides is 1. The van der Waals surface area contributed by atoms with Gasteiger partial charge in [-0.05, 0) is 35.7 Å². The van der Waals surface area contributed by atoms with Gasteiger partial charge in [-0.15, -0.1) is 11.3 Å². The predicted octanol–water partition coefficient (Wildman–Crippen LogP) is 3.78. The highest BCUT2D eigenvalue weighted by atomic mass is 79.9. The number of ether oxygens (including phenoxy) is 1. The molecule has 2 rings (SSSR count). The normalized spacial score (nSPS) is 17.6. The van der Waals surface area contributed by atoms with Gasteiger partial charge in [0.2, 0.25) is 10.0 Å². The molecule has 1 aromatic heterocycles. The maximum Gasteiger partial charge on any atom is 0.309 e. The van der Waals surface area contributed by atoms with Crippen LogP contribution in [0.4, 0.5) is 0 Å². The molecule has 5 nitrogen and oxygen atoms in total. The minimum absolute atomic E-state index is 0.00116. The van der Waals surface area contributed by atoms with E-state index < -0.39 is 10.0 Å². The van der Waals surface area contributed by atoms with Crippen LogP contribution in [0.5, 0.6) is 0 Å². The molecule has 1 aromatic rings. The lowest BCUT2D eigenvalue weighted by Gasteiger charge is -2.30. The first kappa shape index (κ1) is 18.5. The van der Waals surface area contributed by atoms with Crippen LogP contribution < -0.4 is 0 Å². The zero-order valence-corrected chi connectivity index (χ0v) is 16.4. The summed E-state index contributed by atoms with van der Waals surface area (Å²) in [6, 6.07) is 0. The average molecular weight is 451 g/mol. The first-order valence-electron chi connectivity index (χ1n) is 6.59. The van der Waals surface area contributed by atoms with Crippen molar-refractivity contribution in [2.45, 2.75) is 24.7 Å². The molecule has 2 heterocycles. The van der Waals surface area contributed by atoms with Crippen LogP contribution in [0.3, 0.4) is 0 Å². The maximum absolute atomic E-state index is 12.7. The molecule has 1 saturated heterocycles. The molecule has 124 valence electrons. The Kier molecular flexibility index (Phi) is 6.18. The summed E-state index contributed by atoms with van der Waals surface area (Å²) in [5.74, 6) is -0.520. The third-order valence-corrected chi connectivity index (χ3v) is 8.77. The van der Waals surface area contributed by atoms with Gasteiger partial charge in [-0.25, -0.2) is 8.42 Å². The van der Waals surface area contributed by atoms with Gasteiger partial charge in [0.1, 0.15) is 13.6 Å². The monoisotopic (exact) mass is 449 g/mol. The van der Waals surface area contributed by atoms with E-state index in [-0.39, 0.29) is 38.7 Å². The van der Waals surface area contributed by atoms with Gasteiger partial charge in [0.05, 0.1) is 17.0 Å². The Morgan fingerprint density at radius 2 is 1.95 bits per heavy atom. The molecule has 1 fully saturated rings. The molecule has 22 heavy (non-hydrogen) atoms. The summed E-state index contributed by atoms with van der Waals surface area (Å²) >= 11 is 16.1. The van der Waals surface area contributed by atoms with Gasteiger partial charge in [0.15, 0.2) is 0 Å². The second-order valence-electron chi connectivity index (χ2n) is 4.72. The third-order valence-electron chi connectivity index (χ3n) is 3.40. The lowest BCUT2D eigenvalue weighted by atomic mass is 9.98. The van der Waals surface area contributed by atoms with Crippen molar-refractivity contribution >= 4 is 66.5 Å². The number of carbonyl (C=O) groups is 1. The van der Waals surface area contributed by atoms with E-state index in [0.29, 0.717) is 23.8 Å². The predicted molar refractivity (Wildman–Crippen MR) is 90.2 cm³/mol. The molecule has 10 heteroatoms. The maximum atomic E-state index is 12.7. The molecular formula is C12H14BrCl2NO4S2. The van der Waals surface area contributed by atoms with Gasteiger partial charge in [-0.2, -0.15) is 4.31 Å². The summed E-state index contributed by atoms with van der Waals surface area (Å²) in [5, 5.41) is 0. The van der Waals surface area contributed by atoms with E-state index in [1.54, 1.807) is 6.92 Å². The summed E-state index contributed by atoms with van der Waals surface area (Å²) in [6.07, 6.45) is 0.871. The smallest absolute Gasteiger partial charge is 0.309 e. The highest BCUT2D eigenvalue weighted by molar-refractivity contribution is 9.10. The van der Waals surface area contributed by atoms with E-state index >= 15 is 0 Å². The van der Waals surface area contributed by atoms with Crippen molar-refractivity contribution in [2.24, 2.45) is 5.92 Å². The topological polar surface area (TPSA) is 63.7 Å². The van der Waals surface area contributed by atoms with Crippen LogP contribution in [-0.2, 0) is 19.6 Å². The van der Waals surface area contributed by atoms with Crippen LogP contribution in [0.15, 0.2) is 9.37 Å². The Balaban J connectivity index is 2.15. The minimum Gasteiger partial charge on any atom is -0.466 e. The van der Waals surface area contributed by atoms with E-state index in [0.717, 1.165) is 11.3 Å². The Morgan fingerprint density at radius 1 is 1.36 bits per heavy atom. The SMILES string of the molecule is CCOC(=O)C1CCN(S(=O)(=O)c2c(Cl)sc(Cl)c2Br)CC1. The second-order valence-corrected chi connectivity index (χ2v) is 9.62. The van der Waals surface area contributed by atoms with Crippen LogP contribution in [0.2, 0.25) is 8.67 Å². The number of thiophene rings is 1. The van der Waals surface area contributed by atoms with Crippen molar-refractivity contribution in [3.63, 3.8) is 0 Å². The summed E-state index contributed by atoms with van der Waals surface area (Å²) < 4.78 is 32.4. The number of hydrogen-bond donors (Lipinski definition) is 0. The molecule has 0 spiro atoms. The number of carbonyl (C=O) groups excluding carboxylic acids is 1. The van der Waals surface area contributed by atoms with E-state index in [1.165, 1.54) is 4.31 Å². The lowest BCUT2D eigenvalue weighted by Crippen LogP contribution is -2.40. The van der Waals surface area contributed by atoms with Crippen molar-refractivity contribution in [3.8, 4) is 0 Å². The third kappa shape index (κ3) is 3.62. The van der Waals surface area contributed by atoms with Crippen molar-refractivity contribution in [1.82, 2.24) is 4.31 Å². The molecule has 1 aliphatic rings. The molecule has 0 radical (unpaired) electrons. The molecule has 1 aliphatic heterocycles. The number of rotatable bonds is 4. The highest BCUT2D eigenvalue weighted by Crippen LogP contribution is 2.44. The van der Waals surface area contributed by atoms with Crippen molar-refractivity contribution in [2.75, 3.05) is 19.7 Å². The number of hydrogen-bond acceptors (Lipinski definition) is 5. The van der Waals surface area contributed by atoms with Gasteiger partial charge >= 0.3 is 5.97 Å². The van der Waals surface area contributed by atoms with Gasteiger partial charge in [-0.1, -0.05) is 23.2 Å². The van der Waals surface area contributed by atoms with Crippen molar-refractivity contribution in [1.29, 1.82) is 0 Å². The second kappa shape index (κ2) is 7.36. The molecule has 0 amide bonds. The average Bonchev–Trinajstić information content (AvgIpc) is 2.73. The molecule has 0 saturated carbocycles. The van der Waals surface area contributed by atoms with Crippen LogP contribution in [0.25, 0.3) is 0 Å². The molecular weight excluding hydrogens is 437 g/mol. The first-order chi connectivity index (χ1) is 10.3. The molecule has 0 atom stereocenters. The molecule has 0 unspecified atom stereocenters. The quantitative estimate of drug-likeness (QED) is 0.654. The van der Waals surface area contributed by atoms with Crippen molar-refractivity contribution < 1.29 is 17.9 Å². The summed E-state index contributed by atoms with van der Waals surface area (Å²) in [7, 11) is -3.74. The molecule has 0 N–H and O–H groups in total. The minimum atomic E-state index is -3.74. The molecule has 0 aliphatic carbocycles. The van der Waals surface area contributed by atoms with Crippen LogP contribution in [-0.4, -0.2) is 38.4 Å². The number of halogens is 3. The summed E-state index contributed by atoms with van der Waals surface area (Å²) in [5.41, 5.74) is 0. The van der Waals surface area contributed by atoms with Gasteiger partial charge in [0, 0.05) is 13.1 Å². The Hall–Kier alpha value is 0.140. The van der Waals surface area contributed by atoms with Crippen LogP contribution in [0, 0.1) is 5.92 Å². The highest BCUT2D eigenvalue weighted by Gasteiger charge is 2.36. The fourth-order valence-electron chi connectivity index (χ4n) is 2.28. The van der Waals surface area contributed by atoms with Crippen molar-refractivity contribution in [3.05, 3.63) is 13.1 Å². The van der Waals surface area contributed by atoms with E-state index in [2.05, 4.69) is 15.9 Å². The fraction of sp³-hybridized carbons (Fsp3) is 0.583. The van der Waals surface area contributed by atoms with E-state index in [1.807, 2.05) is 0 Å². The zero-order valence-electron chi connectivity index (χ0n) is 11.6. The van der Waals surface area contributed by atoms with E-state index in [4.69, 9.17) is 27.9 Å². The zero-order chi connectivity index (χ0) is 16.5. The first-order valence-corrected chi connectivity index (χ1v) is 10.4. The van der Waals surface area contributed by atoms with E-state index in [9.17, 15) is 13.2 Å².